The second kappa shape index (κ2) is 7.21. The Kier molecular flexibility index (Phi) is 5.63. The number of aryl methyl sites for hydroxylation is 1. The summed E-state index contributed by atoms with van der Waals surface area (Å²) in [6, 6.07) is 3.75. The Hall–Kier alpha value is -1.80. The van der Waals surface area contributed by atoms with Gasteiger partial charge in [-0.3, -0.25) is 9.78 Å². The molecule has 0 unspecified atom stereocenters. The predicted octanol–water partition coefficient (Wildman–Crippen LogP) is 2.94. The fourth-order valence-corrected chi connectivity index (χ4v) is 5.27. The maximum atomic E-state index is 13.0. The summed E-state index contributed by atoms with van der Waals surface area (Å²) in [4.78, 5) is 23.3. The number of amides is 1. The number of carbonyl (C=O) groups excluding carboxylic acids is 1. The molecule has 2 rings (SSSR count). The Morgan fingerprint density at radius 3 is 2.56 bits per heavy atom. The Labute approximate surface area is 152 Å². The van der Waals surface area contributed by atoms with Crippen LogP contribution >= 0.6 is 11.3 Å². The Morgan fingerprint density at radius 1 is 1.36 bits per heavy atom. The number of nitrogens with zero attached hydrogens (tertiary/aromatic N) is 3. The van der Waals surface area contributed by atoms with E-state index >= 15 is 0 Å². The van der Waals surface area contributed by atoms with Gasteiger partial charge in [0.2, 0.25) is 5.91 Å². The monoisotopic (exact) mass is 381 g/mol. The summed E-state index contributed by atoms with van der Waals surface area (Å²) in [5.74, 6) is -0.409. The molecule has 0 fully saturated rings. The van der Waals surface area contributed by atoms with Crippen molar-refractivity contribution in [1.82, 2.24) is 9.97 Å². The number of hydrogen-bond donors (Lipinski definition) is 0. The van der Waals surface area contributed by atoms with Crippen LogP contribution in [0.15, 0.2) is 24.5 Å². The molecule has 2 heterocycles. The normalized spacial score (nSPS) is 12.2. The van der Waals surface area contributed by atoms with Crippen molar-refractivity contribution in [2.75, 3.05) is 23.5 Å². The van der Waals surface area contributed by atoms with Gasteiger partial charge in [0, 0.05) is 30.8 Å². The molecular weight excluding hydrogens is 358 g/mol. The van der Waals surface area contributed by atoms with Crippen LogP contribution in [0, 0.1) is 12.3 Å². The molecule has 0 atom stereocenters. The fraction of sp³-hybridized carbons (Fsp3) is 0.471. The molecule has 0 radical (unpaired) electrons. The lowest BCUT2D eigenvalue weighted by Gasteiger charge is -2.30. The molecule has 25 heavy (non-hydrogen) atoms. The van der Waals surface area contributed by atoms with E-state index in [0.29, 0.717) is 6.54 Å². The van der Waals surface area contributed by atoms with Crippen molar-refractivity contribution >= 4 is 32.1 Å². The van der Waals surface area contributed by atoms with Crippen molar-refractivity contribution in [2.45, 2.75) is 27.7 Å². The van der Waals surface area contributed by atoms with Crippen molar-refractivity contribution in [3.05, 3.63) is 30.2 Å². The van der Waals surface area contributed by atoms with Gasteiger partial charge in [0.05, 0.1) is 16.9 Å². The summed E-state index contributed by atoms with van der Waals surface area (Å²) in [6.45, 7) is 7.50. The summed E-state index contributed by atoms with van der Waals surface area (Å²) in [5.41, 5.74) is 0.629. The first-order valence-electron chi connectivity index (χ1n) is 7.92. The summed E-state index contributed by atoms with van der Waals surface area (Å²) in [5, 5.41) is 1.53. The van der Waals surface area contributed by atoms with E-state index in [1.54, 1.807) is 31.1 Å². The second-order valence-corrected chi connectivity index (χ2v) is 9.77. The molecule has 2 aromatic heterocycles. The molecule has 0 aliphatic heterocycles. The molecule has 0 aromatic carbocycles. The number of carbonyl (C=O) groups is 1. The van der Waals surface area contributed by atoms with Crippen LogP contribution in [0.2, 0.25) is 0 Å². The van der Waals surface area contributed by atoms with Crippen LogP contribution in [0.1, 0.15) is 26.5 Å². The summed E-state index contributed by atoms with van der Waals surface area (Å²) < 4.78 is 23.3. The minimum atomic E-state index is -3.27. The van der Waals surface area contributed by atoms with Crippen LogP contribution in [-0.2, 0) is 14.6 Å². The van der Waals surface area contributed by atoms with E-state index in [4.69, 9.17) is 0 Å². The summed E-state index contributed by atoms with van der Waals surface area (Å²) in [7, 11) is -3.27. The predicted molar refractivity (Wildman–Crippen MR) is 102 cm³/mol. The molecule has 0 N–H and O–H groups in total. The largest absolute Gasteiger partial charge is 0.302 e. The van der Waals surface area contributed by atoms with E-state index in [2.05, 4.69) is 9.97 Å². The molecule has 0 bridgehead atoms. The maximum absolute atomic E-state index is 13.0. The van der Waals surface area contributed by atoms with Gasteiger partial charge in [-0.2, -0.15) is 0 Å². The average Bonchev–Trinajstić information content (AvgIpc) is 2.88. The highest BCUT2D eigenvalue weighted by Crippen LogP contribution is 2.36. The number of sulfone groups is 1. The molecule has 136 valence electrons. The quantitative estimate of drug-likeness (QED) is 0.768. The Balaban J connectivity index is 2.38. The van der Waals surface area contributed by atoms with Gasteiger partial charge in [-0.25, -0.2) is 13.4 Å². The molecule has 8 heteroatoms. The highest BCUT2D eigenvalue weighted by molar-refractivity contribution is 7.90. The molecule has 2 aromatic rings. The van der Waals surface area contributed by atoms with Crippen LogP contribution in [0.4, 0.5) is 5.00 Å². The highest BCUT2D eigenvalue weighted by atomic mass is 32.2. The molecular formula is C17H23N3O3S2. The van der Waals surface area contributed by atoms with Crippen LogP contribution in [-0.4, -0.2) is 42.8 Å². The van der Waals surface area contributed by atoms with E-state index < -0.39 is 15.3 Å². The van der Waals surface area contributed by atoms with E-state index in [0.717, 1.165) is 27.5 Å². The fourth-order valence-electron chi connectivity index (χ4n) is 2.71. The third-order valence-corrected chi connectivity index (χ3v) is 6.16. The number of rotatable bonds is 6. The van der Waals surface area contributed by atoms with Gasteiger partial charge in [-0.1, -0.05) is 25.2 Å². The van der Waals surface area contributed by atoms with Gasteiger partial charge in [-0.05, 0) is 26.0 Å². The third kappa shape index (κ3) is 4.64. The number of aromatic nitrogens is 2. The zero-order valence-electron chi connectivity index (χ0n) is 15.1. The van der Waals surface area contributed by atoms with E-state index in [1.165, 1.54) is 11.3 Å². The van der Waals surface area contributed by atoms with Crippen LogP contribution in [0.5, 0.6) is 0 Å². The van der Waals surface area contributed by atoms with Crippen LogP contribution in [0.3, 0.4) is 0 Å². The van der Waals surface area contributed by atoms with E-state index in [9.17, 15) is 13.2 Å². The highest BCUT2D eigenvalue weighted by Gasteiger charge is 2.36. The van der Waals surface area contributed by atoms with Crippen LogP contribution < -0.4 is 4.90 Å². The Bertz CT molecular complexity index is 859. The topological polar surface area (TPSA) is 80.2 Å². The first-order chi connectivity index (χ1) is 11.5. The van der Waals surface area contributed by atoms with Gasteiger partial charge >= 0.3 is 0 Å². The number of hydrogen-bond acceptors (Lipinski definition) is 6. The first kappa shape index (κ1) is 19.5. The van der Waals surface area contributed by atoms with Crippen molar-refractivity contribution in [3.8, 4) is 10.6 Å². The van der Waals surface area contributed by atoms with Crippen molar-refractivity contribution in [2.24, 2.45) is 5.41 Å². The molecule has 0 aliphatic carbocycles. The van der Waals surface area contributed by atoms with Gasteiger partial charge in [-0.15, -0.1) is 0 Å². The van der Waals surface area contributed by atoms with Gasteiger partial charge in [0.25, 0.3) is 0 Å². The number of thiazole rings is 1. The molecule has 1 amide bonds. The molecule has 0 spiro atoms. The van der Waals surface area contributed by atoms with Gasteiger partial charge < -0.3 is 4.90 Å². The van der Waals surface area contributed by atoms with Crippen molar-refractivity contribution < 1.29 is 13.2 Å². The molecule has 0 aliphatic rings. The third-order valence-electron chi connectivity index (χ3n) is 3.69. The number of anilines is 1. The van der Waals surface area contributed by atoms with Crippen LogP contribution in [0.25, 0.3) is 10.6 Å². The second-order valence-electron chi connectivity index (χ2n) is 6.65. The lowest BCUT2D eigenvalue weighted by atomic mass is 9.94. The minimum absolute atomic E-state index is 0.192. The van der Waals surface area contributed by atoms with E-state index in [1.807, 2.05) is 26.0 Å². The molecule has 0 saturated heterocycles. The average molecular weight is 382 g/mol. The summed E-state index contributed by atoms with van der Waals surface area (Å²) >= 11 is 1.41. The Morgan fingerprint density at radius 2 is 2.04 bits per heavy atom. The lowest BCUT2D eigenvalue weighted by Crippen LogP contribution is -2.44. The molecule has 0 saturated carbocycles. The smallest absolute Gasteiger partial charge is 0.234 e. The minimum Gasteiger partial charge on any atom is -0.302 e. The van der Waals surface area contributed by atoms with Crippen molar-refractivity contribution in [1.29, 1.82) is 0 Å². The van der Waals surface area contributed by atoms with Gasteiger partial charge in [0.15, 0.2) is 0 Å². The lowest BCUT2D eigenvalue weighted by molar-refractivity contribution is -0.125. The number of pyridine rings is 1. The first-order valence-corrected chi connectivity index (χ1v) is 10.8. The molecule has 6 nitrogen and oxygen atoms in total. The SMILES string of the molecule is CCN(C(=O)C(C)(C)CS(C)(=O)=O)c1sc(-c2cccnc2)nc1C. The zero-order valence-corrected chi connectivity index (χ0v) is 16.7. The van der Waals surface area contributed by atoms with Gasteiger partial charge in [0.1, 0.15) is 19.8 Å². The van der Waals surface area contributed by atoms with E-state index in [-0.39, 0.29) is 11.7 Å². The summed E-state index contributed by atoms with van der Waals surface area (Å²) in [6.07, 6.45) is 4.57. The van der Waals surface area contributed by atoms with Crippen molar-refractivity contribution in [3.63, 3.8) is 0 Å². The maximum Gasteiger partial charge on any atom is 0.234 e. The zero-order chi connectivity index (χ0) is 18.8. The standard InChI is InChI=1S/C17H23N3O3S2/c1-6-20(16(21)17(3,4)11-25(5,22)23)15-12(2)19-14(24-15)13-8-7-9-18-10-13/h7-10H,6,11H2,1-5H3.